The molecule has 22 nitrogen and oxygen atoms in total. The molecule has 0 saturated heterocycles. The summed E-state index contributed by atoms with van der Waals surface area (Å²) < 4.78 is 0. The number of aliphatic hydroxyl groups is 3. The molecule has 0 rings (SSSR count). The second kappa shape index (κ2) is 19.6. The Bertz CT molecular complexity index is 819. The average Bonchev–Trinajstić information content (AvgIpc) is 2.64. The largest absolute Gasteiger partial charge is 0.481 e. The molecule has 0 fully saturated rings. The van der Waals surface area contributed by atoms with Crippen LogP contribution in [0, 0.1) is 0 Å². The minimum absolute atomic E-state index is 0. The first kappa shape index (κ1) is 46.4. The van der Waals surface area contributed by atoms with Crippen molar-refractivity contribution in [2.45, 2.75) is 55.3 Å². The van der Waals surface area contributed by atoms with E-state index in [0.29, 0.717) is 0 Å². The van der Waals surface area contributed by atoms with E-state index in [0.717, 1.165) is 0 Å². The van der Waals surface area contributed by atoms with Gasteiger partial charge in [-0.3, -0.25) is 28.8 Å². The van der Waals surface area contributed by atoms with Gasteiger partial charge in [0.05, 0.1) is 38.5 Å². The molecule has 238 valence electrons. The summed E-state index contributed by atoms with van der Waals surface area (Å²) in [6, 6.07) is 0. The zero-order valence-corrected chi connectivity index (χ0v) is 21.4. The van der Waals surface area contributed by atoms with E-state index in [2.05, 4.69) is 0 Å². The molecular weight excluding hydrogens is 622 g/mol. The van der Waals surface area contributed by atoms with E-state index < -0.39 is 109 Å². The SMILES string of the molecule is N.O=C(O)CC(O)(CC(=O)O)C(=O)O.O=C(O)CC(O)(CC(=O)O)C(=O)O.O=C(O)CC(O)(CC(=O)O)C(=O)O.[Fe]. The first-order chi connectivity index (χ1) is 17.3. The predicted octanol–water partition coefficient (Wildman–Crippen LogP) is -3.59. The van der Waals surface area contributed by atoms with Crippen molar-refractivity contribution in [2.24, 2.45) is 0 Å². The van der Waals surface area contributed by atoms with Gasteiger partial charge in [-0.2, -0.15) is 0 Å². The van der Waals surface area contributed by atoms with Crippen LogP contribution in [0.15, 0.2) is 0 Å². The molecule has 0 aromatic rings. The molecule has 0 unspecified atom stereocenters. The fourth-order valence-electron chi connectivity index (χ4n) is 2.14. The monoisotopic (exact) mass is 649 g/mol. The third kappa shape index (κ3) is 21.1. The van der Waals surface area contributed by atoms with Gasteiger partial charge in [0.1, 0.15) is 0 Å². The molecule has 0 amide bonds. The minimum atomic E-state index is -2.74. The number of aliphatic carboxylic acids is 9. The van der Waals surface area contributed by atoms with Crippen molar-refractivity contribution in [3.8, 4) is 0 Å². The van der Waals surface area contributed by atoms with E-state index in [-0.39, 0.29) is 23.2 Å². The van der Waals surface area contributed by atoms with Gasteiger partial charge < -0.3 is 67.4 Å². The summed E-state index contributed by atoms with van der Waals surface area (Å²) in [7, 11) is 0. The summed E-state index contributed by atoms with van der Waals surface area (Å²) in [6.45, 7) is 0. The summed E-state index contributed by atoms with van der Waals surface area (Å²) in [4.78, 5) is 91.5. The first-order valence-electron chi connectivity index (χ1n) is 9.51. The summed E-state index contributed by atoms with van der Waals surface area (Å²) in [6.07, 6.45) is -6.87. The number of hydrogen-bond donors (Lipinski definition) is 13. The Morgan fingerprint density at radius 3 is 0.488 bits per heavy atom. The van der Waals surface area contributed by atoms with Crippen molar-refractivity contribution < 1.29 is 121 Å². The van der Waals surface area contributed by atoms with Crippen LogP contribution in [0.1, 0.15) is 38.5 Å². The smallest absolute Gasteiger partial charge is 0.336 e. The maximum Gasteiger partial charge on any atom is 0.336 e. The van der Waals surface area contributed by atoms with Crippen LogP contribution in [0.2, 0.25) is 0 Å². The molecule has 0 aliphatic heterocycles. The Kier molecular flexibility index (Phi) is 22.2. The van der Waals surface area contributed by atoms with Gasteiger partial charge in [-0.25, -0.2) is 14.4 Å². The van der Waals surface area contributed by atoms with Gasteiger partial charge in [-0.1, -0.05) is 0 Å². The summed E-state index contributed by atoms with van der Waals surface area (Å²) >= 11 is 0. The van der Waals surface area contributed by atoms with Crippen molar-refractivity contribution in [1.29, 1.82) is 0 Å². The molecule has 0 heterocycles. The molecule has 15 N–H and O–H groups in total. The van der Waals surface area contributed by atoms with Gasteiger partial charge >= 0.3 is 53.7 Å². The van der Waals surface area contributed by atoms with Crippen molar-refractivity contribution in [3.05, 3.63) is 0 Å². The minimum Gasteiger partial charge on any atom is -0.481 e. The van der Waals surface area contributed by atoms with Crippen LogP contribution in [-0.4, -0.2) is 132 Å². The van der Waals surface area contributed by atoms with Gasteiger partial charge in [-0.05, 0) is 0 Å². The van der Waals surface area contributed by atoms with E-state index in [1.54, 1.807) is 0 Å². The van der Waals surface area contributed by atoms with Crippen LogP contribution in [0.5, 0.6) is 0 Å². The van der Waals surface area contributed by atoms with Crippen LogP contribution in [0.4, 0.5) is 0 Å². The molecule has 0 atom stereocenters. The fourth-order valence-corrected chi connectivity index (χ4v) is 2.14. The third-order valence-corrected chi connectivity index (χ3v) is 3.86. The predicted molar refractivity (Wildman–Crippen MR) is 116 cm³/mol. The van der Waals surface area contributed by atoms with Crippen molar-refractivity contribution in [1.82, 2.24) is 6.15 Å². The van der Waals surface area contributed by atoms with Crippen molar-refractivity contribution >= 4 is 53.7 Å². The maximum absolute atomic E-state index is 10.3. The maximum atomic E-state index is 10.3. The Morgan fingerprint density at radius 1 is 0.341 bits per heavy atom. The quantitative estimate of drug-likeness (QED) is 0.0762. The molecule has 0 aliphatic rings. The molecule has 0 aromatic heterocycles. The second-order valence-corrected chi connectivity index (χ2v) is 7.43. The third-order valence-electron chi connectivity index (χ3n) is 3.86. The summed E-state index contributed by atoms with van der Waals surface area (Å²) in [5, 5.41) is 101. The van der Waals surface area contributed by atoms with Crippen LogP contribution in [-0.2, 0) is 60.2 Å². The van der Waals surface area contributed by atoms with E-state index in [1.807, 2.05) is 0 Å². The van der Waals surface area contributed by atoms with E-state index in [1.165, 1.54) is 0 Å². The van der Waals surface area contributed by atoms with Crippen molar-refractivity contribution in [2.75, 3.05) is 0 Å². The number of carboxylic acid groups (broad SMARTS) is 9. The van der Waals surface area contributed by atoms with Crippen molar-refractivity contribution in [3.63, 3.8) is 0 Å². The molecule has 0 bridgehead atoms. The zero-order valence-electron chi connectivity index (χ0n) is 20.3. The number of rotatable bonds is 15. The molecule has 0 saturated carbocycles. The second-order valence-electron chi connectivity index (χ2n) is 7.43. The standard InChI is InChI=1S/3C6H8O7.Fe.H3N/c3*7-3(8)1-6(13,5(11)12)2-4(9)10;;/h3*13H,1-2H2,(H,7,8)(H,9,10)(H,11,12);;1H3. The van der Waals surface area contributed by atoms with E-state index in [9.17, 15) is 43.2 Å². The molecule has 0 radical (unpaired) electrons. The van der Waals surface area contributed by atoms with Crippen LogP contribution >= 0.6 is 0 Å². The zero-order chi connectivity index (χ0) is 31.9. The molecule has 23 heteroatoms. The van der Waals surface area contributed by atoms with Crippen LogP contribution in [0.25, 0.3) is 0 Å². The summed E-state index contributed by atoms with van der Waals surface area (Å²) in [5.74, 6) is -15.1. The fraction of sp³-hybridized carbons (Fsp3) is 0.500. The number of carboxylic acids is 9. The Morgan fingerprint density at radius 2 is 0.439 bits per heavy atom. The van der Waals surface area contributed by atoms with Crippen LogP contribution in [0.3, 0.4) is 0 Å². The molecular formula is C18H27FeNO21. The van der Waals surface area contributed by atoms with E-state index >= 15 is 0 Å². The molecule has 0 aromatic carbocycles. The Balaban J connectivity index is -0.000000154. The topological polar surface area (TPSA) is 431 Å². The number of carbonyl (C=O) groups is 9. The number of hydrogen-bond acceptors (Lipinski definition) is 13. The Hall–Kier alpha value is -4.41. The normalized spacial score (nSPS) is 10.3. The van der Waals surface area contributed by atoms with Gasteiger partial charge in [0.25, 0.3) is 0 Å². The van der Waals surface area contributed by atoms with E-state index in [4.69, 9.17) is 61.3 Å². The van der Waals surface area contributed by atoms with Gasteiger partial charge in [0.15, 0.2) is 16.8 Å². The van der Waals surface area contributed by atoms with Gasteiger partial charge in [0.2, 0.25) is 0 Å². The first-order valence-corrected chi connectivity index (χ1v) is 9.51. The Labute approximate surface area is 237 Å². The average molecular weight is 649 g/mol. The summed E-state index contributed by atoms with van der Waals surface area (Å²) in [5.41, 5.74) is -8.22. The molecule has 41 heavy (non-hydrogen) atoms. The van der Waals surface area contributed by atoms with Crippen LogP contribution < -0.4 is 6.15 Å². The molecule has 0 aliphatic carbocycles. The van der Waals surface area contributed by atoms with Gasteiger partial charge in [-0.15, -0.1) is 0 Å². The molecule has 0 spiro atoms. The van der Waals surface area contributed by atoms with Gasteiger partial charge in [0, 0.05) is 17.1 Å².